The molecule has 2 amide bonds. The van der Waals surface area contributed by atoms with Crippen LogP contribution >= 0.6 is 0 Å². The van der Waals surface area contributed by atoms with Crippen LogP contribution in [-0.4, -0.2) is 17.9 Å². The molecule has 0 spiro atoms. The highest BCUT2D eigenvalue weighted by Gasteiger charge is 2.10. The molecule has 2 aromatic rings. The summed E-state index contributed by atoms with van der Waals surface area (Å²) in [5.74, 6) is -0.137. The van der Waals surface area contributed by atoms with E-state index in [-0.39, 0.29) is 12.0 Å². The smallest absolute Gasteiger partial charge is 0.269 e. The van der Waals surface area contributed by atoms with Crippen molar-refractivity contribution in [2.75, 3.05) is 0 Å². The fraction of sp³-hybridized carbons (Fsp3) is 0.263. The first-order chi connectivity index (χ1) is 11.5. The minimum absolute atomic E-state index is 0.0737. The van der Waals surface area contributed by atoms with Gasteiger partial charge in [0, 0.05) is 11.1 Å². The molecule has 0 heterocycles. The highest BCUT2D eigenvalue weighted by molar-refractivity contribution is 5.99. The second-order valence-corrected chi connectivity index (χ2v) is 5.64. The maximum atomic E-state index is 12.2. The molecule has 0 saturated carbocycles. The Bertz CT molecular complexity index is 711. The summed E-state index contributed by atoms with van der Waals surface area (Å²) in [6.45, 7) is 5.94. The maximum absolute atomic E-state index is 12.2. The normalized spacial score (nSPS) is 11.5. The van der Waals surface area contributed by atoms with Gasteiger partial charge in [0.05, 0.1) is 6.10 Å². The minimum atomic E-state index is -0.398. The SMILES string of the molecule is CCC(C)Oc1cccc(C(=O)NNC(=O)c2ccc(C)cc2)c1. The van der Waals surface area contributed by atoms with E-state index in [4.69, 9.17) is 4.74 Å². The van der Waals surface area contributed by atoms with Crippen molar-refractivity contribution in [2.24, 2.45) is 0 Å². The van der Waals surface area contributed by atoms with E-state index in [0.717, 1.165) is 12.0 Å². The Morgan fingerprint density at radius 2 is 1.62 bits per heavy atom. The fourth-order valence-electron chi connectivity index (χ4n) is 1.99. The van der Waals surface area contributed by atoms with Crippen LogP contribution < -0.4 is 15.6 Å². The largest absolute Gasteiger partial charge is 0.491 e. The molecule has 0 radical (unpaired) electrons. The number of ether oxygens (including phenoxy) is 1. The Hall–Kier alpha value is -2.82. The summed E-state index contributed by atoms with van der Waals surface area (Å²) in [7, 11) is 0. The Kier molecular flexibility index (Phi) is 5.95. The molecule has 0 bridgehead atoms. The Labute approximate surface area is 142 Å². The van der Waals surface area contributed by atoms with E-state index in [1.165, 1.54) is 0 Å². The number of rotatable bonds is 5. The van der Waals surface area contributed by atoms with Gasteiger partial charge >= 0.3 is 0 Å². The van der Waals surface area contributed by atoms with Crippen molar-refractivity contribution in [3.63, 3.8) is 0 Å². The van der Waals surface area contributed by atoms with Crippen LogP contribution in [0.15, 0.2) is 48.5 Å². The Morgan fingerprint density at radius 1 is 1.00 bits per heavy atom. The highest BCUT2D eigenvalue weighted by Crippen LogP contribution is 2.15. The summed E-state index contributed by atoms with van der Waals surface area (Å²) in [5.41, 5.74) is 6.78. The lowest BCUT2D eigenvalue weighted by Gasteiger charge is -2.13. The third kappa shape index (κ3) is 4.84. The molecule has 0 fully saturated rings. The van der Waals surface area contributed by atoms with Crippen molar-refractivity contribution in [3.05, 3.63) is 65.2 Å². The zero-order chi connectivity index (χ0) is 17.5. The number of hydrazine groups is 1. The number of aryl methyl sites for hydroxylation is 1. The van der Waals surface area contributed by atoms with E-state index < -0.39 is 5.91 Å². The third-order valence-corrected chi connectivity index (χ3v) is 3.61. The molecular weight excluding hydrogens is 304 g/mol. The standard InChI is InChI=1S/C19H22N2O3/c1-4-14(3)24-17-7-5-6-16(12-17)19(23)21-20-18(22)15-10-8-13(2)9-11-15/h5-12,14H,4H2,1-3H3,(H,20,22)(H,21,23). The van der Waals surface area contributed by atoms with Crippen LogP contribution in [0.1, 0.15) is 46.5 Å². The van der Waals surface area contributed by atoms with E-state index in [1.54, 1.807) is 36.4 Å². The lowest BCUT2D eigenvalue weighted by atomic mass is 10.1. The summed E-state index contributed by atoms with van der Waals surface area (Å²) in [6.07, 6.45) is 0.952. The monoisotopic (exact) mass is 326 g/mol. The van der Waals surface area contributed by atoms with Gasteiger partial charge < -0.3 is 4.74 Å². The number of carbonyl (C=O) groups is 2. The quantitative estimate of drug-likeness (QED) is 0.829. The van der Waals surface area contributed by atoms with Gasteiger partial charge in [-0.1, -0.05) is 30.7 Å². The van der Waals surface area contributed by atoms with E-state index >= 15 is 0 Å². The van der Waals surface area contributed by atoms with E-state index in [1.807, 2.05) is 32.9 Å². The molecule has 2 N–H and O–H groups in total. The zero-order valence-electron chi connectivity index (χ0n) is 14.1. The van der Waals surface area contributed by atoms with Gasteiger partial charge in [0.25, 0.3) is 11.8 Å². The molecule has 1 unspecified atom stereocenters. The summed E-state index contributed by atoms with van der Waals surface area (Å²) in [5, 5.41) is 0. The van der Waals surface area contributed by atoms with Crippen molar-refractivity contribution in [2.45, 2.75) is 33.3 Å². The van der Waals surface area contributed by atoms with Gasteiger partial charge in [0.2, 0.25) is 0 Å². The minimum Gasteiger partial charge on any atom is -0.491 e. The molecule has 126 valence electrons. The Morgan fingerprint density at radius 3 is 2.25 bits per heavy atom. The van der Waals surface area contributed by atoms with Crippen molar-refractivity contribution in [3.8, 4) is 5.75 Å². The summed E-state index contributed by atoms with van der Waals surface area (Å²) in [6, 6.07) is 14.0. The first kappa shape index (κ1) is 17.5. The number of amides is 2. The van der Waals surface area contributed by atoms with Crippen LogP contribution in [-0.2, 0) is 0 Å². The van der Waals surface area contributed by atoms with E-state index in [9.17, 15) is 9.59 Å². The highest BCUT2D eigenvalue weighted by atomic mass is 16.5. The molecule has 1 atom stereocenters. The van der Waals surface area contributed by atoms with Gasteiger partial charge in [0.15, 0.2) is 0 Å². The van der Waals surface area contributed by atoms with Crippen LogP contribution in [0.3, 0.4) is 0 Å². The average molecular weight is 326 g/mol. The first-order valence-corrected chi connectivity index (χ1v) is 7.93. The first-order valence-electron chi connectivity index (χ1n) is 7.93. The van der Waals surface area contributed by atoms with Gasteiger partial charge in [-0.2, -0.15) is 0 Å². The molecule has 5 nitrogen and oxygen atoms in total. The van der Waals surface area contributed by atoms with E-state index in [0.29, 0.717) is 16.9 Å². The van der Waals surface area contributed by atoms with Crippen LogP contribution in [0.25, 0.3) is 0 Å². The molecule has 2 rings (SSSR count). The second-order valence-electron chi connectivity index (χ2n) is 5.64. The zero-order valence-corrected chi connectivity index (χ0v) is 14.1. The van der Waals surface area contributed by atoms with Crippen LogP contribution in [0.5, 0.6) is 5.75 Å². The van der Waals surface area contributed by atoms with Crippen LogP contribution in [0.4, 0.5) is 0 Å². The molecule has 24 heavy (non-hydrogen) atoms. The van der Waals surface area contributed by atoms with Gasteiger partial charge in [0.1, 0.15) is 5.75 Å². The van der Waals surface area contributed by atoms with Crippen LogP contribution in [0, 0.1) is 6.92 Å². The van der Waals surface area contributed by atoms with Crippen molar-refractivity contribution >= 4 is 11.8 Å². The molecule has 0 aliphatic carbocycles. The van der Waals surface area contributed by atoms with Crippen molar-refractivity contribution in [1.82, 2.24) is 10.9 Å². The molecule has 0 aliphatic heterocycles. The molecule has 0 aromatic heterocycles. The summed E-state index contributed by atoms with van der Waals surface area (Å²) < 4.78 is 5.69. The van der Waals surface area contributed by atoms with Crippen LogP contribution in [0.2, 0.25) is 0 Å². The molecule has 5 heteroatoms. The predicted molar refractivity (Wildman–Crippen MR) is 92.9 cm³/mol. The Balaban J connectivity index is 1.96. The number of nitrogens with one attached hydrogen (secondary N) is 2. The lowest BCUT2D eigenvalue weighted by Crippen LogP contribution is -2.41. The van der Waals surface area contributed by atoms with Gasteiger partial charge in [-0.3, -0.25) is 20.4 Å². The summed E-state index contributed by atoms with van der Waals surface area (Å²) >= 11 is 0. The van der Waals surface area contributed by atoms with E-state index in [2.05, 4.69) is 10.9 Å². The van der Waals surface area contributed by atoms with Gasteiger partial charge in [-0.05, 0) is 50.6 Å². The molecule has 0 aliphatic rings. The number of carbonyl (C=O) groups excluding carboxylic acids is 2. The molecule has 2 aromatic carbocycles. The van der Waals surface area contributed by atoms with Gasteiger partial charge in [-0.15, -0.1) is 0 Å². The molecule has 0 saturated heterocycles. The third-order valence-electron chi connectivity index (χ3n) is 3.61. The lowest BCUT2D eigenvalue weighted by molar-refractivity contribution is 0.0846. The number of hydrogen-bond donors (Lipinski definition) is 2. The predicted octanol–water partition coefficient (Wildman–Crippen LogP) is 3.25. The average Bonchev–Trinajstić information content (AvgIpc) is 2.60. The topological polar surface area (TPSA) is 67.4 Å². The van der Waals surface area contributed by atoms with Gasteiger partial charge in [-0.25, -0.2) is 0 Å². The van der Waals surface area contributed by atoms with Crippen molar-refractivity contribution < 1.29 is 14.3 Å². The van der Waals surface area contributed by atoms with Crippen molar-refractivity contribution in [1.29, 1.82) is 0 Å². The molecular formula is C19H22N2O3. The number of hydrogen-bond acceptors (Lipinski definition) is 3. The summed E-state index contributed by atoms with van der Waals surface area (Å²) in [4.78, 5) is 24.2. The fourth-order valence-corrected chi connectivity index (χ4v) is 1.99. The second kappa shape index (κ2) is 8.15. The number of benzene rings is 2. The maximum Gasteiger partial charge on any atom is 0.269 e.